The molecular weight excluding hydrogens is 508 g/mol. The first-order chi connectivity index (χ1) is 17.7. The molecule has 4 aromatic rings. The average Bonchev–Trinajstić information content (AvgIpc) is 2.90. The number of carbonyl (C=O) groups is 1. The fourth-order valence-electron chi connectivity index (χ4n) is 3.80. The molecule has 7 nitrogen and oxygen atoms in total. The molecule has 0 bridgehead atoms. The van der Waals surface area contributed by atoms with E-state index >= 15 is 0 Å². The highest BCUT2D eigenvalue weighted by molar-refractivity contribution is 8.10. The summed E-state index contributed by atoms with van der Waals surface area (Å²) in [6, 6.07) is 28.7. The Morgan fingerprint density at radius 2 is 1.19 bits per heavy atom. The zero-order chi connectivity index (χ0) is 26.5. The highest BCUT2D eigenvalue weighted by Crippen LogP contribution is 2.33. The number of rotatable bonds is 9. The third kappa shape index (κ3) is 5.90. The van der Waals surface area contributed by atoms with Crippen LogP contribution in [-0.2, 0) is 31.3 Å². The highest BCUT2D eigenvalue weighted by atomic mass is 32.3. The predicted molar refractivity (Wildman–Crippen MR) is 144 cm³/mol. The van der Waals surface area contributed by atoms with Crippen molar-refractivity contribution in [1.29, 1.82) is 0 Å². The van der Waals surface area contributed by atoms with Crippen molar-refractivity contribution >= 4 is 37.3 Å². The van der Waals surface area contributed by atoms with Crippen LogP contribution in [0.15, 0.2) is 119 Å². The third-order valence-corrected chi connectivity index (χ3v) is 9.91. The molecule has 0 radical (unpaired) electrons. The van der Waals surface area contributed by atoms with E-state index in [1.807, 2.05) is 30.3 Å². The topological polar surface area (TPSA) is 101 Å². The number of hydrogen-bond acceptors (Lipinski definition) is 5. The zero-order valence-electron chi connectivity index (χ0n) is 20.1. The van der Waals surface area contributed by atoms with Gasteiger partial charge in [-0.3, -0.25) is 4.79 Å². The molecule has 0 spiro atoms. The van der Waals surface area contributed by atoms with Gasteiger partial charge in [0.1, 0.15) is 0 Å². The van der Waals surface area contributed by atoms with E-state index in [2.05, 4.69) is 5.32 Å². The number of nitrogens with one attached hydrogen (secondary N) is 1. The summed E-state index contributed by atoms with van der Waals surface area (Å²) in [5.41, 5.74) is 1.96. The second-order valence-corrected chi connectivity index (χ2v) is 12.2. The van der Waals surface area contributed by atoms with Gasteiger partial charge in [-0.05, 0) is 66.9 Å². The maximum atomic E-state index is 13.6. The van der Waals surface area contributed by atoms with Crippen LogP contribution in [0.2, 0.25) is 0 Å². The van der Waals surface area contributed by atoms with Crippen molar-refractivity contribution in [2.24, 2.45) is 0 Å². The standard InChI is InChI=1S/C28H26N2O5S2/c1-22-21-24(18-19-27(22)29-28(31)20-17-23-11-5-2-6-12-23)30(36(32,33)25-13-7-3-8-14-25)37(34,35)26-15-9-4-10-16-26/h2-16,18-19,21H,17,20H2,1H3,(H,29,31). The summed E-state index contributed by atoms with van der Waals surface area (Å²) in [5, 5.41) is 2.83. The number of anilines is 2. The first-order valence-corrected chi connectivity index (χ1v) is 14.4. The van der Waals surface area contributed by atoms with Crippen LogP contribution < -0.4 is 9.03 Å². The molecule has 1 N–H and O–H groups in total. The van der Waals surface area contributed by atoms with Crippen molar-refractivity contribution in [2.75, 3.05) is 9.03 Å². The van der Waals surface area contributed by atoms with E-state index in [-0.39, 0.29) is 27.8 Å². The maximum absolute atomic E-state index is 13.6. The van der Waals surface area contributed by atoms with Crippen molar-refractivity contribution in [3.63, 3.8) is 0 Å². The summed E-state index contributed by atoms with van der Waals surface area (Å²) in [6.07, 6.45) is 0.838. The molecule has 0 aliphatic heterocycles. The van der Waals surface area contributed by atoms with Gasteiger partial charge in [-0.2, -0.15) is 3.71 Å². The number of hydrogen-bond donors (Lipinski definition) is 1. The van der Waals surface area contributed by atoms with Crippen LogP contribution in [0, 0.1) is 6.92 Å². The van der Waals surface area contributed by atoms with E-state index in [1.165, 1.54) is 66.7 Å². The van der Waals surface area contributed by atoms with E-state index in [1.54, 1.807) is 19.1 Å². The molecular formula is C28H26N2O5S2. The minimum absolute atomic E-state index is 0.0625. The lowest BCUT2D eigenvalue weighted by Crippen LogP contribution is -2.37. The lowest BCUT2D eigenvalue weighted by atomic mass is 10.1. The van der Waals surface area contributed by atoms with Gasteiger partial charge < -0.3 is 5.32 Å². The van der Waals surface area contributed by atoms with Gasteiger partial charge in [0.2, 0.25) is 5.91 Å². The summed E-state index contributed by atoms with van der Waals surface area (Å²) in [6.45, 7) is 1.68. The molecule has 9 heteroatoms. The van der Waals surface area contributed by atoms with Gasteiger partial charge in [0.05, 0.1) is 15.5 Å². The van der Waals surface area contributed by atoms with Gasteiger partial charge in [-0.25, -0.2) is 16.8 Å². The fourth-order valence-corrected chi connectivity index (χ4v) is 7.52. The highest BCUT2D eigenvalue weighted by Gasteiger charge is 2.37. The van der Waals surface area contributed by atoms with E-state index in [0.717, 1.165) is 5.56 Å². The molecule has 4 aromatic carbocycles. The SMILES string of the molecule is Cc1cc(N(S(=O)(=O)c2ccccc2)S(=O)(=O)c2ccccc2)ccc1NC(=O)CCc1ccccc1. The fraction of sp³-hybridized carbons (Fsp3) is 0.107. The summed E-state index contributed by atoms with van der Waals surface area (Å²) in [5.74, 6) is -0.203. The van der Waals surface area contributed by atoms with E-state index in [4.69, 9.17) is 0 Å². The average molecular weight is 535 g/mol. The van der Waals surface area contributed by atoms with Crippen molar-refractivity contribution in [2.45, 2.75) is 29.6 Å². The molecule has 0 saturated heterocycles. The Kier molecular flexibility index (Phi) is 7.75. The molecule has 0 aromatic heterocycles. The predicted octanol–water partition coefficient (Wildman–Crippen LogP) is 5.15. The van der Waals surface area contributed by atoms with Gasteiger partial charge in [-0.15, -0.1) is 0 Å². The van der Waals surface area contributed by atoms with Crippen LogP contribution in [-0.4, -0.2) is 22.7 Å². The lowest BCUT2D eigenvalue weighted by Gasteiger charge is -2.25. The van der Waals surface area contributed by atoms with Crippen LogP contribution in [0.3, 0.4) is 0 Å². The Morgan fingerprint density at radius 3 is 1.68 bits per heavy atom. The summed E-state index contributed by atoms with van der Waals surface area (Å²) in [4.78, 5) is 12.2. The molecule has 37 heavy (non-hydrogen) atoms. The van der Waals surface area contributed by atoms with E-state index in [9.17, 15) is 21.6 Å². The number of nitrogens with zero attached hydrogens (tertiary/aromatic N) is 1. The summed E-state index contributed by atoms with van der Waals surface area (Å²) >= 11 is 0. The molecule has 0 saturated carbocycles. The molecule has 0 heterocycles. The first-order valence-electron chi connectivity index (χ1n) is 11.5. The zero-order valence-corrected chi connectivity index (χ0v) is 21.7. The summed E-state index contributed by atoms with van der Waals surface area (Å²) < 4.78 is 54.9. The Bertz CT molecular complexity index is 1520. The molecule has 190 valence electrons. The molecule has 0 aliphatic carbocycles. The van der Waals surface area contributed by atoms with Crippen LogP contribution in [0.4, 0.5) is 11.4 Å². The lowest BCUT2D eigenvalue weighted by molar-refractivity contribution is -0.116. The molecule has 0 fully saturated rings. The van der Waals surface area contributed by atoms with Gasteiger partial charge in [0.25, 0.3) is 20.0 Å². The number of aryl methyl sites for hydroxylation is 2. The minimum Gasteiger partial charge on any atom is -0.326 e. The van der Waals surface area contributed by atoms with Crippen molar-refractivity contribution < 1.29 is 21.6 Å². The van der Waals surface area contributed by atoms with Crippen molar-refractivity contribution in [3.8, 4) is 0 Å². The largest absolute Gasteiger partial charge is 0.326 e. The van der Waals surface area contributed by atoms with Crippen molar-refractivity contribution in [1.82, 2.24) is 0 Å². The number of benzene rings is 4. The number of carbonyl (C=O) groups excluding carboxylic acids is 1. The smallest absolute Gasteiger partial charge is 0.277 e. The summed E-state index contributed by atoms with van der Waals surface area (Å²) in [7, 11) is -8.99. The number of amides is 1. The Balaban J connectivity index is 1.67. The van der Waals surface area contributed by atoms with Gasteiger partial charge in [0, 0.05) is 12.1 Å². The number of sulfonamides is 2. The molecule has 0 atom stereocenters. The Hall–Kier alpha value is -3.95. The first kappa shape index (κ1) is 26.1. The quantitative estimate of drug-likeness (QED) is 0.320. The molecule has 4 rings (SSSR count). The molecule has 0 aliphatic rings. The van der Waals surface area contributed by atoms with Gasteiger partial charge >= 0.3 is 0 Å². The Morgan fingerprint density at radius 1 is 0.703 bits per heavy atom. The normalized spacial score (nSPS) is 11.6. The monoisotopic (exact) mass is 534 g/mol. The molecule has 0 unspecified atom stereocenters. The van der Waals surface area contributed by atoms with Crippen LogP contribution in [0.5, 0.6) is 0 Å². The van der Waals surface area contributed by atoms with Crippen LogP contribution in [0.25, 0.3) is 0 Å². The second-order valence-electron chi connectivity index (χ2n) is 8.37. The maximum Gasteiger partial charge on any atom is 0.277 e. The van der Waals surface area contributed by atoms with Crippen LogP contribution >= 0.6 is 0 Å². The minimum atomic E-state index is -4.49. The third-order valence-electron chi connectivity index (χ3n) is 5.70. The van der Waals surface area contributed by atoms with Gasteiger partial charge in [0.15, 0.2) is 0 Å². The van der Waals surface area contributed by atoms with Crippen molar-refractivity contribution in [3.05, 3.63) is 120 Å². The van der Waals surface area contributed by atoms with E-state index < -0.39 is 20.0 Å². The second kappa shape index (κ2) is 11.0. The van der Waals surface area contributed by atoms with Gasteiger partial charge in [-0.1, -0.05) is 66.7 Å². The van der Waals surface area contributed by atoms with Crippen LogP contribution in [0.1, 0.15) is 17.5 Å². The Labute approximate surface area is 217 Å². The molecule has 1 amide bonds. The van der Waals surface area contributed by atoms with E-state index in [0.29, 0.717) is 21.4 Å².